The summed E-state index contributed by atoms with van der Waals surface area (Å²) in [6.45, 7) is 8.20. The molecule has 1 aliphatic heterocycles. The summed E-state index contributed by atoms with van der Waals surface area (Å²) in [6.07, 6.45) is 0. The lowest BCUT2D eigenvalue weighted by Crippen LogP contribution is -2.56. The first-order valence-electron chi connectivity index (χ1n) is 7.27. The molecule has 0 aliphatic carbocycles. The summed E-state index contributed by atoms with van der Waals surface area (Å²) in [4.78, 5) is 14.2. The zero-order valence-electron chi connectivity index (χ0n) is 12.9. The molecule has 116 valence electrons. The zero-order chi connectivity index (χ0) is 15.3. The van der Waals surface area contributed by atoms with Gasteiger partial charge in [-0.15, -0.1) is 0 Å². The van der Waals surface area contributed by atoms with Gasteiger partial charge in [-0.2, -0.15) is 0 Å². The van der Waals surface area contributed by atoms with Crippen LogP contribution in [-0.2, 0) is 9.53 Å². The Balaban J connectivity index is 1.98. The van der Waals surface area contributed by atoms with Crippen molar-refractivity contribution in [1.29, 1.82) is 0 Å². The van der Waals surface area contributed by atoms with Crippen molar-refractivity contribution in [2.24, 2.45) is 0 Å². The van der Waals surface area contributed by atoms with Gasteiger partial charge in [-0.25, -0.2) is 0 Å². The molecular formula is C16H23NO4. The highest BCUT2D eigenvalue weighted by Crippen LogP contribution is 2.27. The van der Waals surface area contributed by atoms with Gasteiger partial charge in [0, 0.05) is 6.54 Å². The molecule has 1 aromatic carbocycles. The first-order valence-corrected chi connectivity index (χ1v) is 7.27. The molecule has 0 spiro atoms. The number of amides is 1. The van der Waals surface area contributed by atoms with E-state index in [0.29, 0.717) is 37.9 Å². The van der Waals surface area contributed by atoms with Gasteiger partial charge in [-0.3, -0.25) is 4.79 Å². The van der Waals surface area contributed by atoms with E-state index in [1.54, 1.807) is 0 Å². The molecule has 0 unspecified atom stereocenters. The number of carbonyl (C=O) groups is 1. The van der Waals surface area contributed by atoms with E-state index in [4.69, 9.17) is 14.2 Å². The summed E-state index contributed by atoms with van der Waals surface area (Å²) in [5.74, 6) is 1.22. The van der Waals surface area contributed by atoms with Gasteiger partial charge in [0.15, 0.2) is 18.1 Å². The van der Waals surface area contributed by atoms with Crippen molar-refractivity contribution in [2.75, 3.05) is 33.0 Å². The van der Waals surface area contributed by atoms with Gasteiger partial charge in [-0.1, -0.05) is 12.1 Å². The molecule has 5 nitrogen and oxygen atoms in total. The fourth-order valence-corrected chi connectivity index (χ4v) is 2.38. The molecular weight excluding hydrogens is 270 g/mol. The molecule has 0 radical (unpaired) electrons. The summed E-state index contributed by atoms with van der Waals surface area (Å²) >= 11 is 0. The predicted octanol–water partition coefficient (Wildman–Crippen LogP) is 2.10. The van der Waals surface area contributed by atoms with Gasteiger partial charge in [0.25, 0.3) is 5.91 Å². The number of hydrogen-bond acceptors (Lipinski definition) is 4. The quantitative estimate of drug-likeness (QED) is 0.834. The standard InChI is InChI=1S/C16H23NO4/c1-4-20-13-7-5-6-8-14(13)21-11-15(18)17-9-10-19-12-16(17,2)3/h5-8H,4,9-12H2,1-3H3. The maximum absolute atomic E-state index is 12.4. The Hall–Kier alpha value is -1.75. The largest absolute Gasteiger partial charge is 0.490 e. The van der Waals surface area contributed by atoms with Crippen LogP contribution >= 0.6 is 0 Å². The third-order valence-electron chi connectivity index (χ3n) is 3.45. The van der Waals surface area contributed by atoms with Crippen molar-refractivity contribution in [3.63, 3.8) is 0 Å². The summed E-state index contributed by atoms with van der Waals surface area (Å²) in [7, 11) is 0. The molecule has 1 aliphatic rings. The number of para-hydroxylation sites is 2. The molecule has 1 aromatic rings. The van der Waals surface area contributed by atoms with Crippen molar-refractivity contribution in [3.05, 3.63) is 24.3 Å². The van der Waals surface area contributed by atoms with Crippen LogP contribution in [-0.4, -0.2) is 49.3 Å². The Morgan fingerprint density at radius 2 is 1.95 bits per heavy atom. The normalized spacial score (nSPS) is 17.4. The zero-order valence-corrected chi connectivity index (χ0v) is 12.9. The Kier molecular flexibility index (Phi) is 5.07. The Bertz CT molecular complexity index is 487. The van der Waals surface area contributed by atoms with E-state index in [1.807, 2.05) is 49.9 Å². The third-order valence-corrected chi connectivity index (χ3v) is 3.45. The van der Waals surface area contributed by atoms with Crippen LogP contribution < -0.4 is 9.47 Å². The van der Waals surface area contributed by atoms with Crippen molar-refractivity contribution in [1.82, 2.24) is 4.90 Å². The third kappa shape index (κ3) is 3.88. The number of morpholine rings is 1. The molecule has 1 heterocycles. The van der Waals surface area contributed by atoms with E-state index in [2.05, 4.69) is 0 Å². The van der Waals surface area contributed by atoms with Crippen molar-refractivity contribution in [3.8, 4) is 11.5 Å². The number of nitrogens with zero attached hydrogens (tertiary/aromatic N) is 1. The maximum Gasteiger partial charge on any atom is 0.261 e. The maximum atomic E-state index is 12.4. The van der Waals surface area contributed by atoms with Gasteiger partial charge in [0.1, 0.15) is 0 Å². The van der Waals surface area contributed by atoms with E-state index in [1.165, 1.54) is 0 Å². The van der Waals surface area contributed by atoms with Gasteiger partial charge in [0.05, 0.1) is 25.4 Å². The molecule has 21 heavy (non-hydrogen) atoms. The lowest BCUT2D eigenvalue weighted by molar-refractivity contribution is -0.148. The minimum Gasteiger partial charge on any atom is -0.490 e. The van der Waals surface area contributed by atoms with Crippen LogP contribution in [0, 0.1) is 0 Å². The fraction of sp³-hybridized carbons (Fsp3) is 0.562. The van der Waals surface area contributed by atoms with Crippen LogP contribution in [0.2, 0.25) is 0 Å². The summed E-state index contributed by atoms with van der Waals surface area (Å²) in [5.41, 5.74) is -0.294. The lowest BCUT2D eigenvalue weighted by atomic mass is 10.0. The molecule has 1 saturated heterocycles. The van der Waals surface area contributed by atoms with E-state index < -0.39 is 0 Å². The Morgan fingerprint density at radius 3 is 2.57 bits per heavy atom. The number of hydrogen-bond donors (Lipinski definition) is 0. The SMILES string of the molecule is CCOc1ccccc1OCC(=O)N1CCOCC1(C)C. The first-order chi connectivity index (χ1) is 10.0. The van der Waals surface area contributed by atoms with E-state index in [0.717, 1.165) is 0 Å². The van der Waals surface area contributed by atoms with Crippen LogP contribution in [0.15, 0.2) is 24.3 Å². The summed E-state index contributed by atoms with van der Waals surface area (Å²) < 4.78 is 16.6. The molecule has 1 fully saturated rings. The second-order valence-electron chi connectivity index (χ2n) is 5.58. The monoisotopic (exact) mass is 293 g/mol. The van der Waals surface area contributed by atoms with Crippen LogP contribution in [0.25, 0.3) is 0 Å². The summed E-state index contributed by atoms with van der Waals surface area (Å²) in [6, 6.07) is 7.39. The number of rotatable bonds is 5. The second-order valence-corrected chi connectivity index (χ2v) is 5.58. The van der Waals surface area contributed by atoms with Gasteiger partial charge in [0.2, 0.25) is 0 Å². The van der Waals surface area contributed by atoms with Crippen LogP contribution in [0.5, 0.6) is 11.5 Å². The topological polar surface area (TPSA) is 48.0 Å². The van der Waals surface area contributed by atoms with Crippen molar-refractivity contribution in [2.45, 2.75) is 26.3 Å². The van der Waals surface area contributed by atoms with Crippen molar-refractivity contribution < 1.29 is 19.0 Å². The van der Waals surface area contributed by atoms with Crippen LogP contribution in [0.4, 0.5) is 0 Å². The highest BCUT2D eigenvalue weighted by Gasteiger charge is 2.34. The smallest absolute Gasteiger partial charge is 0.261 e. The molecule has 0 atom stereocenters. The minimum atomic E-state index is -0.294. The van der Waals surface area contributed by atoms with Crippen molar-refractivity contribution >= 4 is 5.91 Å². The van der Waals surface area contributed by atoms with E-state index in [-0.39, 0.29) is 18.1 Å². The molecule has 0 saturated carbocycles. The van der Waals surface area contributed by atoms with E-state index in [9.17, 15) is 4.79 Å². The highest BCUT2D eigenvalue weighted by atomic mass is 16.5. The molecule has 5 heteroatoms. The predicted molar refractivity (Wildman–Crippen MR) is 79.7 cm³/mol. The summed E-state index contributed by atoms with van der Waals surface area (Å²) in [5, 5.41) is 0. The Labute approximate surface area is 125 Å². The molecule has 0 bridgehead atoms. The molecule has 0 aromatic heterocycles. The van der Waals surface area contributed by atoms with E-state index >= 15 is 0 Å². The van der Waals surface area contributed by atoms with Gasteiger partial charge < -0.3 is 19.1 Å². The number of ether oxygens (including phenoxy) is 3. The average molecular weight is 293 g/mol. The number of benzene rings is 1. The lowest BCUT2D eigenvalue weighted by Gasteiger charge is -2.42. The van der Waals surface area contributed by atoms with Gasteiger partial charge >= 0.3 is 0 Å². The molecule has 2 rings (SSSR count). The van der Waals surface area contributed by atoms with Crippen LogP contribution in [0.1, 0.15) is 20.8 Å². The average Bonchev–Trinajstić information content (AvgIpc) is 2.46. The fourth-order valence-electron chi connectivity index (χ4n) is 2.38. The van der Waals surface area contributed by atoms with Gasteiger partial charge in [-0.05, 0) is 32.9 Å². The second kappa shape index (κ2) is 6.80. The minimum absolute atomic E-state index is 0.00746. The molecule has 1 amide bonds. The Morgan fingerprint density at radius 1 is 1.29 bits per heavy atom. The van der Waals surface area contributed by atoms with Crippen LogP contribution in [0.3, 0.4) is 0 Å². The highest BCUT2D eigenvalue weighted by molar-refractivity contribution is 5.78. The molecule has 0 N–H and O–H groups in total. The number of carbonyl (C=O) groups excluding carboxylic acids is 1. The first kappa shape index (κ1) is 15.6.